The number of nitrogens with zero attached hydrogens (tertiary/aromatic N) is 2. The number of carbonyl (C=O) groups excluding carboxylic acids is 2. The van der Waals surface area contributed by atoms with Crippen molar-refractivity contribution in [2.75, 3.05) is 0 Å². The van der Waals surface area contributed by atoms with Crippen LogP contribution in [-0.4, -0.2) is 56.9 Å². The first-order chi connectivity index (χ1) is 12.3. The molecule has 2 heterocycles. The Bertz CT molecular complexity index is 617. The number of aliphatic carboxylic acids is 1. The Morgan fingerprint density at radius 3 is 1.75 bits per heavy atom. The predicted octanol–water partition coefficient (Wildman–Crippen LogP) is 3.16. The summed E-state index contributed by atoms with van der Waals surface area (Å²) >= 11 is 0. The van der Waals surface area contributed by atoms with Crippen molar-refractivity contribution in [1.29, 1.82) is 0 Å². The van der Waals surface area contributed by atoms with Gasteiger partial charge in [-0.1, -0.05) is 40.5 Å². The highest BCUT2D eigenvalue weighted by molar-refractivity contribution is 5.84. The molecule has 0 unspecified atom stereocenters. The Labute approximate surface area is 170 Å². The molecule has 2 aliphatic rings. The minimum atomic E-state index is -0.968. The minimum absolute atomic E-state index is 0. The number of hydrogen-bond acceptors (Lipinski definition) is 3. The fraction of sp³-hybridized carbons (Fsp3) is 0.682. The van der Waals surface area contributed by atoms with Crippen LogP contribution in [0, 0.1) is 24.7 Å². The minimum Gasteiger partial charge on any atom is -0.480 e. The van der Waals surface area contributed by atoms with Gasteiger partial charge in [0.2, 0.25) is 11.8 Å². The molecule has 0 aromatic rings. The van der Waals surface area contributed by atoms with Crippen LogP contribution in [0.4, 0.5) is 0 Å². The maximum atomic E-state index is 11.5. The van der Waals surface area contributed by atoms with E-state index in [0.29, 0.717) is 31.7 Å². The van der Waals surface area contributed by atoms with E-state index in [2.05, 4.69) is 18.8 Å². The smallest absolute Gasteiger partial charge is 0.326 e. The van der Waals surface area contributed by atoms with E-state index in [-0.39, 0.29) is 38.8 Å². The topological polar surface area (TPSA) is 77.9 Å². The van der Waals surface area contributed by atoms with Crippen molar-refractivity contribution in [1.82, 2.24) is 9.80 Å². The number of rotatable bonds is 3. The quantitative estimate of drug-likeness (QED) is 0.749. The first-order valence-corrected chi connectivity index (χ1v) is 9.09. The Hall–Kier alpha value is -2.47. The van der Waals surface area contributed by atoms with E-state index in [1.807, 2.05) is 11.8 Å². The normalized spacial score (nSPS) is 25.2. The van der Waals surface area contributed by atoms with Crippen molar-refractivity contribution in [2.24, 2.45) is 0 Å². The standard InChI is InChI=1S/C10H13NO3.C10H15NO.2CH4/c1-3-7-5-6-8(10(13)14)11(7)9(12)4-2;1-4-9-7-6-8(3)11(9)10(12)5-2;;/h1,7-8H,4-6H2,2H3,(H,13,14);1,8-9H,5-7H2,2-3H3;2*1H4/t7-,8-;8-,9+;;/m01../s1. The summed E-state index contributed by atoms with van der Waals surface area (Å²) in [5, 5.41) is 8.88. The van der Waals surface area contributed by atoms with Crippen molar-refractivity contribution in [3.8, 4) is 24.7 Å². The van der Waals surface area contributed by atoms with Gasteiger partial charge in [-0.2, -0.15) is 0 Å². The second kappa shape index (κ2) is 12.8. The molecule has 28 heavy (non-hydrogen) atoms. The maximum Gasteiger partial charge on any atom is 0.326 e. The van der Waals surface area contributed by atoms with Crippen LogP contribution in [0.5, 0.6) is 0 Å². The van der Waals surface area contributed by atoms with Gasteiger partial charge >= 0.3 is 5.97 Å². The fourth-order valence-corrected chi connectivity index (χ4v) is 3.50. The van der Waals surface area contributed by atoms with Gasteiger partial charge < -0.3 is 14.9 Å². The van der Waals surface area contributed by atoms with Gasteiger partial charge in [0.1, 0.15) is 6.04 Å². The largest absolute Gasteiger partial charge is 0.480 e. The maximum absolute atomic E-state index is 11.5. The molecule has 0 spiro atoms. The molecule has 2 aliphatic heterocycles. The summed E-state index contributed by atoms with van der Waals surface area (Å²) in [6.45, 7) is 5.64. The summed E-state index contributed by atoms with van der Waals surface area (Å²) in [7, 11) is 0. The molecule has 0 aliphatic carbocycles. The first kappa shape index (κ1) is 27.7. The third-order valence-electron chi connectivity index (χ3n) is 4.90. The number of carboxylic acid groups (broad SMARTS) is 1. The molecule has 158 valence electrons. The molecule has 1 N–H and O–H groups in total. The Balaban J connectivity index is 0. The molecular weight excluding hydrogens is 356 g/mol. The average molecular weight is 393 g/mol. The van der Waals surface area contributed by atoms with Gasteiger partial charge in [-0.05, 0) is 32.6 Å². The molecule has 0 bridgehead atoms. The van der Waals surface area contributed by atoms with Gasteiger partial charge in [0.25, 0.3) is 0 Å². The Morgan fingerprint density at radius 2 is 1.32 bits per heavy atom. The van der Waals surface area contributed by atoms with Crippen molar-refractivity contribution >= 4 is 17.8 Å². The molecule has 0 saturated carbocycles. The summed E-state index contributed by atoms with van der Waals surface area (Å²) in [6.07, 6.45) is 14.5. The lowest BCUT2D eigenvalue weighted by Gasteiger charge is -2.24. The second-order valence-electron chi connectivity index (χ2n) is 6.53. The van der Waals surface area contributed by atoms with Gasteiger partial charge in [0.05, 0.1) is 12.1 Å². The molecule has 2 saturated heterocycles. The highest BCUT2D eigenvalue weighted by Crippen LogP contribution is 2.25. The molecule has 4 atom stereocenters. The molecule has 2 amide bonds. The highest BCUT2D eigenvalue weighted by atomic mass is 16.4. The zero-order chi connectivity index (χ0) is 19.9. The SMILES string of the molecule is C.C.C#C[C@H]1CC[C@@H](C(=O)O)N1C(=O)CC.C#C[C@H]1CC[C@@H](C)N1C(=O)CC. The Morgan fingerprint density at radius 1 is 0.893 bits per heavy atom. The number of hydrogen-bond donors (Lipinski definition) is 1. The molecule has 0 aromatic heterocycles. The molecular formula is C22H36N2O4. The van der Waals surface area contributed by atoms with Crippen LogP contribution in [0.2, 0.25) is 0 Å². The molecule has 0 radical (unpaired) electrons. The lowest BCUT2D eigenvalue weighted by molar-refractivity contribution is -0.148. The summed E-state index contributed by atoms with van der Waals surface area (Å²) in [4.78, 5) is 36.9. The molecule has 0 aromatic carbocycles. The third-order valence-corrected chi connectivity index (χ3v) is 4.90. The van der Waals surface area contributed by atoms with Crippen LogP contribution >= 0.6 is 0 Å². The predicted molar refractivity (Wildman–Crippen MR) is 112 cm³/mol. The van der Waals surface area contributed by atoms with Gasteiger partial charge in [0, 0.05) is 18.9 Å². The number of terminal acetylenes is 2. The first-order valence-electron chi connectivity index (χ1n) is 9.09. The van der Waals surface area contributed by atoms with Gasteiger partial charge in [0.15, 0.2) is 0 Å². The average Bonchev–Trinajstić information content (AvgIpc) is 3.24. The highest BCUT2D eigenvalue weighted by Gasteiger charge is 2.39. The van der Waals surface area contributed by atoms with E-state index in [1.165, 1.54) is 4.90 Å². The molecule has 2 fully saturated rings. The zero-order valence-corrected chi connectivity index (χ0v) is 15.8. The number of carboxylic acids is 1. The summed E-state index contributed by atoms with van der Waals surface area (Å²) in [6, 6.07) is -0.696. The van der Waals surface area contributed by atoms with Crippen molar-refractivity contribution < 1.29 is 19.5 Å². The molecule has 6 heteroatoms. The molecule has 6 nitrogen and oxygen atoms in total. The van der Waals surface area contributed by atoms with E-state index >= 15 is 0 Å². The van der Waals surface area contributed by atoms with Gasteiger partial charge in [-0.3, -0.25) is 9.59 Å². The van der Waals surface area contributed by atoms with Crippen LogP contribution in [0.1, 0.15) is 74.1 Å². The number of amides is 2. The number of likely N-dealkylation sites (tertiary alicyclic amines) is 2. The number of carbonyl (C=O) groups is 3. The van der Waals surface area contributed by atoms with Crippen LogP contribution in [0.25, 0.3) is 0 Å². The van der Waals surface area contributed by atoms with Crippen LogP contribution in [0.15, 0.2) is 0 Å². The third kappa shape index (κ3) is 6.30. The second-order valence-corrected chi connectivity index (χ2v) is 6.53. The zero-order valence-electron chi connectivity index (χ0n) is 15.8. The van der Waals surface area contributed by atoms with Crippen LogP contribution in [0.3, 0.4) is 0 Å². The van der Waals surface area contributed by atoms with Crippen LogP contribution < -0.4 is 0 Å². The van der Waals surface area contributed by atoms with Crippen molar-refractivity contribution in [3.63, 3.8) is 0 Å². The molecule has 2 rings (SSSR count). The van der Waals surface area contributed by atoms with Gasteiger partial charge in [-0.15, -0.1) is 12.8 Å². The van der Waals surface area contributed by atoms with Crippen LogP contribution in [-0.2, 0) is 14.4 Å². The van der Waals surface area contributed by atoms with E-state index in [0.717, 1.165) is 12.8 Å². The Kier molecular flexibility index (Phi) is 12.7. The lowest BCUT2D eigenvalue weighted by Crippen LogP contribution is -2.44. The summed E-state index contributed by atoms with van der Waals surface area (Å²) in [5.74, 6) is 4.15. The van der Waals surface area contributed by atoms with Crippen molar-refractivity contribution in [3.05, 3.63) is 0 Å². The van der Waals surface area contributed by atoms with E-state index in [4.69, 9.17) is 18.0 Å². The summed E-state index contributed by atoms with van der Waals surface area (Å²) < 4.78 is 0. The van der Waals surface area contributed by atoms with Crippen molar-refractivity contribution in [2.45, 2.75) is 98.3 Å². The summed E-state index contributed by atoms with van der Waals surface area (Å²) in [5.41, 5.74) is 0. The van der Waals surface area contributed by atoms with E-state index < -0.39 is 12.0 Å². The van der Waals surface area contributed by atoms with Gasteiger partial charge in [-0.25, -0.2) is 4.79 Å². The van der Waals surface area contributed by atoms with E-state index in [1.54, 1.807) is 6.92 Å². The monoisotopic (exact) mass is 392 g/mol. The van der Waals surface area contributed by atoms with E-state index in [9.17, 15) is 14.4 Å². The lowest BCUT2D eigenvalue weighted by atomic mass is 10.2. The fourth-order valence-electron chi connectivity index (χ4n) is 3.50.